The predicted octanol–water partition coefficient (Wildman–Crippen LogP) is 2.17. The minimum absolute atomic E-state index is 0.454. The first-order valence-electron chi connectivity index (χ1n) is 5.88. The SMILES string of the molecule is CC(C)=C1[C@@H]2CC/C(=N/NC(N)=O)[C@H]1CC2. The van der Waals surface area contributed by atoms with Crippen LogP contribution in [0, 0.1) is 11.8 Å². The molecule has 2 bridgehead atoms. The maximum atomic E-state index is 10.7. The number of fused-ring (bicyclic) bond motifs is 2. The van der Waals surface area contributed by atoms with Crippen LogP contribution in [0.1, 0.15) is 39.5 Å². The van der Waals surface area contributed by atoms with Crippen LogP contribution < -0.4 is 11.2 Å². The van der Waals surface area contributed by atoms with Gasteiger partial charge in [0.2, 0.25) is 0 Å². The largest absolute Gasteiger partial charge is 0.350 e. The molecule has 2 fully saturated rings. The van der Waals surface area contributed by atoms with E-state index in [1.807, 2.05) is 0 Å². The number of amides is 2. The van der Waals surface area contributed by atoms with Crippen LogP contribution in [0.25, 0.3) is 0 Å². The van der Waals surface area contributed by atoms with Crippen molar-refractivity contribution in [2.75, 3.05) is 0 Å². The Hall–Kier alpha value is -1.32. The minimum atomic E-state index is -0.577. The quantitative estimate of drug-likeness (QED) is 0.517. The van der Waals surface area contributed by atoms with E-state index < -0.39 is 6.03 Å². The molecule has 88 valence electrons. The Morgan fingerprint density at radius 3 is 2.75 bits per heavy atom. The smallest absolute Gasteiger partial charge is 0.332 e. The molecule has 0 aromatic carbocycles. The minimum Gasteiger partial charge on any atom is -0.350 e. The highest BCUT2D eigenvalue weighted by molar-refractivity contribution is 5.92. The van der Waals surface area contributed by atoms with Crippen molar-refractivity contribution in [3.05, 3.63) is 11.1 Å². The number of hydrogen-bond acceptors (Lipinski definition) is 2. The zero-order chi connectivity index (χ0) is 11.7. The highest BCUT2D eigenvalue weighted by atomic mass is 16.2. The monoisotopic (exact) mass is 221 g/mol. The summed E-state index contributed by atoms with van der Waals surface area (Å²) >= 11 is 0. The molecule has 2 saturated carbocycles. The van der Waals surface area contributed by atoms with Crippen LogP contribution in [-0.2, 0) is 0 Å². The van der Waals surface area contributed by atoms with E-state index in [-0.39, 0.29) is 0 Å². The summed E-state index contributed by atoms with van der Waals surface area (Å²) in [5.74, 6) is 1.21. The molecule has 2 aliphatic rings. The normalized spacial score (nSPS) is 30.6. The third-order valence-electron chi connectivity index (χ3n) is 3.66. The number of carbonyl (C=O) groups excluding carboxylic acids is 1. The molecule has 0 aromatic heterocycles. The topological polar surface area (TPSA) is 67.5 Å². The second-order valence-electron chi connectivity index (χ2n) is 4.90. The van der Waals surface area contributed by atoms with Gasteiger partial charge in [0.05, 0.1) is 0 Å². The van der Waals surface area contributed by atoms with E-state index in [4.69, 9.17) is 5.73 Å². The number of hydrazone groups is 1. The van der Waals surface area contributed by atoms with Gasteiger partial charge in [0.15, 0.2) is 0 Å². The van der Waals surface area contributed by atoms with Gasteiger partial charge in [0.1, 0.15) is 0 Å². The van der Waals surface area contributed by atoms with E-state index in [0.717, 1.165) is 24.5 Å². The van der Waals surface area contributed by atoms with Crippen LogP contribution in [0.2, 0.25) is 0 Å². The first-order chi connectivity index (χ1) is 7.59. The molecule has 0 saturated heterocycles. The molecule has 0 aromatic rings. The van der Waals surface area contributed by atoms with Crippen LogP contribution >= 0.6 is 0 Å². The summed E-state index contributed by atoms with van der Waals surface area (Å²) in [5, 5.41) is 4.15. The van der Waals surface area contributed by atoms with Gasteiger partial charge in [0, 0.05) is 11.6 Å². The van der Waals surface area contributed by atoms with Crippen molar-refractivity contribution in [2.45, 2.75) is 39.5 Å². The van der Waals surface area contributed by atoms with Crippen molar-refractivity contribution >= 4 is 11.7 Å². The number of carbonyl (C=O) groups is 1. The lowest BCUT2D eigenvalue weighted by Crippen LogP contribution is -2.29. The van der Waals surface area contributed by atoms with Gasteiger partial charge in [-0.05, 0) is 45.4 Å². The molecule has 0 unspecified atom stereocenters. The molecule has 4 nitrogen and oxygen atoms in total. The molecule has 2 amide bonds. The van der Waals surface area contributed by atoms with Gasteiger partial charge in [-0.2, -0.15) is 5.10 Å². The number of nitrogens with zero attached hydrogens (tertiary/aromatic N) is 1. The Balaban J connectivity index is 2.22. The number of hydrogen-bond donors (Lipinski definition) is 2. The Morgan fingerprint density at radius 2 is 2.12 bits per heavy atom. The molecule has 3 N–H and O–H groups in total. The number of primary amides is 1. The van der Waals surface area contributed by atoms with Gasteiger partial charge in [-0.15, -0.1) is 0 Å². The molecule has 4 heteroatoms. The van der Waals surface area contributed by atoms with Gasteiger partial charge < -0.3 is 5.73 Å². The summed E-state index contributed by atoms with van der Waals surface area (Å²) in [4.78, 5) is 10.7. The zero-order valence-corrected chi connectivity index (χ0v) is 9.92. The van der Waals surface area contributed by atoms with E-state index in [0.29, 0.717) is 5.92 Å². The molecule has 0 spiro atoms. The van der Waals surface area contributed by atoms with Gasteiger partial charge in [0.25, 0.3) is 0 Å². The van der Waals surface area contributed by atoms with E-state index >= 15 is 0 Å². The van der Waals surface area contributed by atoms with Crippen molar-refractivity contribution in [1.29, 1.82) is 0 Å². The lowest BCUT2D eigenvalue weighted by Gasteiger charge is -2.26. The van der Waals surface area contributed by atoms with Gasteiger partial charge in [-0.3, -0.25) is 0 Å². The maximum Gasteiger partial charge on any atom is 0.332 e. The highest BCUT2D eigenvalue weighted by Crippen LogP contribution is 2.46. The summed E-state index contributed by atoms with van der Waals surface area (Å²) in [6, 6.07) is -0.577. The number of rotatable bonds is 1. The summed E-state index contributed by atoms with van der Waals surface area (Å²) in [5.41, 5.74) is 11.5. The van der Waals surface area contributed by atoms with Gasteiger partial charge >= 0.3 is 6.03 Å². The fourth-order valence-electron chi connectivity index (χ4n) is 3.12. The summed E-state index contributed by atoms with van der Waals surface area (Å²) in [6.07, 6.45) is 4.59. The van der Waals surface area contributed by atoms with Crippen molar-refractivity contribution in [2.24, 2.45) is 22.7 Å². The van der Waals surface area contributed by atoms with Gasteiger partial charge in [-0.25, -0.2) is 10.2 Å². The fraction of sp³-hybridized carbons (Fsp3) is 0.667. The molecule has 0 heterocycles. The van der Waals surface area contributed by atoms with Crippen LogP contribution in [0.15, 0.2) is 16.2 Å². The highest BCUT2D eigenvalue weighted by Gasteiger charge is 2.38. The Bertz CT molecular complexity index is 366. The van der Waals surface area contributed by atoms with Crippen LogP contribution in [0.4, 0.5) is 4.79 Å². The van der Waals surface area contributed by atoms with E-state index in [2.05, 4.69) is 24.4 Å². The molecule has 2 rings (SSSR count). The fourth-order valence-corrected chi connectivity index (χ4v) is 3.12. The standard InChI is InChI=1S/C12H19N3O/c1-7(2)11-8-3-5-9(11)10(6-4-8)14-15-12(13)16/h8-9H,3-6H2,1-2H3,(H3,13,15,16)/b14-10-/t8-,9+/m0/s1. The molecule has 0 radical (unpaired) electrons. The average Bonchev–Trinajstić information content (AvgIpc) is 2.53. The number of nitrogens with one attached hydrogen (secondary N) is 1. The summed E-state index contributed by atoms with van der Waals surface area (Å²) in [6.45, 7) is 4.34. The predicted molar refractivity (Wildman–Crippen MR) is 64.0 cm³/mol. The third-order valence-corrected chi connectivity index (χ3v) is 3.66. The number of allylic oxidation sites excluding steroid dienone is 2. The average molecular weight is 221 g/mol. The van der Waals surface area contributed by atoms with Crippen LogP contribution in [0.3, 0.4) is 0 Å². The van der Waals surface area contributed by atoms with Crippen molar-refractivity contribution < 1.29 is 4.79 Å². The molecular weight excluding hydrogens is 202 g/mol. The lowest BCUT2D eigenvalue weighted by molar-refractivity contribution is 0.249. The molecule has 16 heavy (non-hydrogen) atoms. The van der Waals surface area contributed by atoms with E-state index in [9.17, 15) is 4.79 Å². The van der Waals surface area contributed by atoms with Crippen LogP contribution in [0.5, 0.6) is 0 Å². The lowest BCUT2D eigenvalue weighted by atomic mass is 9.80. The Morgan fingerprint density at radius 1 is 1.38 bits per heavy atom. The Labute approximate surface area is 96.0 Å². The van der Waals surface area contributed by atoms with E-state index in [1.165, 1.54) is 18.4 Å². The first kappa shape index (κ1) is 11.2. The number of nitrogens with two attached hydrogens (primary N) is 1. The van der Waals surface area contributed by atoms with E-state index in [1.54, 1.807) is 5.57 Å². The van der Waals surface area contributed by atoms with Crippen molar-refractivity contribution in [3.63, 3.8) is 0 Å². The second-order valence-corrected chi connectivity index (χ2v) is 4.90. The molecule has 0 aliphatic heterocycles. The molecule has 2 aliphatic carbocycles. The third kappa shape index (κ3) is 1.96. The first-order valence-corrected chi connectivity index (χ1v) is 5.88. The summed E-state index contributed by atoms with van der Waals surface area (Å²) < 4.78 is 0. The summed E-state index contributed by atoms with van der Waals surface area (Å²) in [7, 11) is 0. The molecular formula is C12H19N3O. The van der Waals surface area contributed by atoms with Crippen LogP contribution in [-0.4, -0.2) is 11.7 Å². The Kier molecular flexibility index (Phi) is 2.99. The number of urea groups is 1. The van der Waals surface area contributed by atoms with Gasteiger partial charge in [-0.1, -0.05) is 11.1 Å². The second kappa shape index (κ2) is 4.28. The zero-order valence-electron chi connectivity index (χ0n) is 9.92. The van der Waals surface area contributed by atoms with Crippen molar-refractivity contribution in [1.82, 2.24) is 5.43 Å². The maximum absolute atomic E-state index is 10.7. The van der Waals surface area contributed by atoms with Crippen molar-refractivity contribution in [3.8, 4) is 0 Å². The molecule has 2 atom stereocenters.